The monoisotopic (exact) mass is 380 g/mol. The van der Waals surface area contributed by atoms with Crippen molar-refractivity contribution in [1.29, 1.82) is 0 Å². The van der Waals surface area contributed by atoms with Crippen molar-refractivity contribution in [2.75, 3.05) is 29.4 Å². The molecule has 1 aromatic heterocycles. The second-order valence-corrected chi connectivity index (χ2v) is 7.55. The van der Waals surface area contributed by atoms with Crippen molar-refractivity contribution in [2.45, 2.75) is 39.7 Å². The molecule has 2 aromatic rings. The lowest BCUT2D eigenvalue weighted by molar-refractivity contribution is -0.120. The smallest absolute Gasteiger partial charge is 0.260 e. The van der Waals surface area contributed by atoms with Gasteiger partial charge in [0.1, 0.15) is 12.4 Å². The van der Waals surface area contributed by atoms with Crippen molar-refractivity contribution in [2.24, 2.45) is 0 Å². The quantitative estimate of drug-likeness (QED) is 0.836. The highest BCUT2D eigenvalue weighted by Gasteiger charge is 2.22. The van der Waals surface area contributed by atoms with Crippen LogP contribution < -0.4 is 15.1 Å². The van der Waals surface area contributed by atoms with Gasteiger partial charge in [-0.25, -0.2) is 4.98 Å². The number of nitrogens with zero attached hydrogens (tertiary/aromatic N) is 3. The predicted molar refractivity (Wildman–Crippen MR) is 112 cm³/mol. The zero-order valence-electron chi connectivity index (χ0n) is 16.8. The number of pyridine rings is 1. The molecule has 0 unspecified atom stereocenters. The molecule has 6 heteroatoms. The summed E-state index contributed by atoms with van der Waals surface area (Å²) in [6, 6.07) is 11.3. The fourth-order valence-electron chi connectivity index (χ4n) is 3.32. The van der Waals surface area contributed by atoms with Crippen LogP contribution in [-0.2, 0) is 4.79 Å². The number of carbonyl (C=O) groups excluding carboxylic acids is 2. The molecule has 1 aliphatic rings. The molecular weight excluding hydrogens is 352 g/mol. The van der Waals surface area contributed by atoms with Gasteiger partial charge in [0.2, 0.25) is 5.91 Å². The second-order valence-electron chi connectivity index (χ2n) is 7.55. The van der Waals surface area contributed by atoms with Crippen molar-refractivity contribution in [3.8, 4) is 0 Å². The topological polar surface area (TPSA) is 65.5 Å². The lowest BCUT2D eigenvalue weighted by atomic mass is 10.1. The summed E-state index contributed by atoms with van der Waals surface area (Å²) in [6.07, 6.45) is 3.96. The van der Waals surface area contributed by atoms with Crippen molar-refractivity contribution < 1.29 is 9.59 Å². The predicted octanol–water partition coefficient (Wildman–Crippen LogP) is 3.16. The molecule has 0 aliphatic carbocycles. The highest BCUT2D eigenvalue weighted by atomic mass is 16.2. The van der Waals surface area contributed by atoms with Crippen molar-refractivity contribution in [3.63, 3.8) is 0 Å². The summed E-state index contributed by atoms with van der Waals surface area (Å²) in [7, 11) is 0. The van der Waals surface area contributed by atoms with E-state index in [9.17, 15) is 9.59 Å². The van der Waals surface area contributed by atoms with Gasteiger partial charge in [0.15, 0.2) is 0 Å². The summed E-state index contributed by atoms with van der Waals surface area (Å²) >= 11 is 0. The van der Waals surface area contributed by atoms with E-state index in [0.717, 1.165) is 24.5 Å². The van der Waals surface area contributed by atoms with E-state index in [1.54, 1.807) is 12.3 Å². The van der Waals surface area contributed by atoms with Gasteiger partial charge in [-0.2, -0.15) is 0 Å². The third kappa shape index (κ3) is 4.88. The van der Waals surface area contributed by atoms with Crippen LogP contribution in [0.15, 0.2) is 42.6 Å². The summed E-state index contributed by atoms with van der Waals surface area (Å²) in [6.45, 7) is 7.76. The molecule has 0 bridgehead atoms. The maximum absolute atomic E-state index is 13.2. The molecule has 1 N–H and O–H groups in total. The van der Waals surface area contributed by atoms with Gasteiger partial charge in [0, 0.05) is 31.0 Å². The summed E-state index contributed by atoms with van der Waals surface area (Å²) in [5.74, 6) is 0.474. The van der Waals surface area contributed by atoms with Crippen LogP contribution in [0, 0.1) is 6.92 Å². The summed E-state index contributed by atoms with van der Waals surface area (Å²) < 4.78 is 0. The Labute approximate surface area is 166 Å². The van der Waals surface area contributed by atoms with Crippen molar-refractivity contribution >= 4 is 23.3 Å². The Morgan fingerprint density at radius 2 is 1.79 bits per heavy atom. The first-order chi connectivity index (χ1) is 13.4. The van der Waals surface area contributed by atoms with E-state index in [1.807, 2.05) is 51.1 Å². The minimum Gasteiger partial charge on any atom is -0.357 e. The Bertz CT molecular complexity index is 809. The van der Waals surface area contributed by atoms with Gasteiger partial charge < -0.3 is 10.2 Å². The van der Waals surface area contributed by atoms with E-state index in [-0.39, 0.29) is 24.4 Å². The molecule has 2 heterocycles. The molecule has 1 aliphatic heterocycles. The zero-order valence-corrected chi connectivity index (χ0v) is 16.8. The van der Waals surface area contributed by atoms with Gasteiger partial charge >= 0.3 is 0 Å². The number of anilines is 2. The molecule has 0 spiro atoms. The van der Waals surface area contributed by atoms with Gasteiger partial charge in [0.05, 0.1) is 5.56 Å². The molecule has 6 nitrogen and oxygen atoms in total. The summed E-state index contributed by atoms with van der Waals surface area (Å²) in [5, 5.41) is 2.85. The van der Waals surface area contributed by atoms with Gasteiger partial charge in [-0.15, -0.1) is 0 Å². The number of benzene rings is 1. The Hall–Kier alpha value is -2.89. The largest absolute Gasteiger partial charge is 0.357 e. The minimum atomic E-state index is -0.233. The number of amides is 2. The summed E-state index contributed by atoms with van der Waals surface area (Å²) in [5.41, 5.74) is 2.26. The number of nitrogens with one attached hydrogen (secondary N) is 1. The first kappa shape index (κ1) is 19.9. The Morgan fingerprint density at radius 1 is 1.11 bits per heavy atom. The minimum absolute atomic E-state index is 0.0175. The lowest BCUT2D eigenvalue weighted by Crippen LogP contribution is -2.43. The normalized spacial score (nSPS) is 13.6. The fourth-order valence-corrected chi connectivity index (χ4v) is 3.32. The molecule has 0 radical (unpaired) electrons. The summed E-state index contributed by atoms with van der Waals surface area (Å²) in [4.78, 5) is 33.7. The van der Waals surface area contributed by atoms with Crippen LogP contribution >= 0.6 is 0 Å². The van der Waals surface area contributed by atoms with Gasteiger partial charge in [-0.1, -0.05) is 17.7 Å². The highest BCUT2D eigenvalue weighted by molar-refractivity contribution is 6.08. The SMILES string of the molecule is Cc1ccc(N(CC(=O)NC(C)C)C(=O)c2ccc(N3CCCC3)nc2)cc1. The molecule has 28 heavy (non-hydrogen) atoms. The fraction of sp³-hybridized carbons (Fsp3) is 0.409. The van der Waals surface area contributed by atoms with Crippen LogP contribution in [0.1, 0.15) is 42.6 Å². The average Bonchev–Trinajstić information content (AvgIpc) is 3.21. The first-order valence-electron chi connectivity index (χ1n) is 9.83. The Balaban J connectivity index is 1.82. The molecule has 3 rings (SSSR count). The Kier molecular flexibility index (Phi) is 6.29. The maximum atomic E-state index is 13.2. The number of rotatable bonds is 6. The number of aromatic nitrogens is 1. The van der Waals surface area contributed by atoms with Crippen LogP contribution in [-0.4, -0.2) is 42.5 Å². The van der Waals surface area contributed by atoms with E-state index in [2.05, 4.69) is 15.2 Å². The number of aryl methyl sites for hydroxylation is 1. The number of hydrogen-bond donors (Lipinski definition) is 1. The molecular formula is C22H28N4O2. The average molecular weight is 380 g/mol. The molecule has 2 amide bonds. The van der Waals surface area contributed by atoms with E-state index < -0.39 is 0 Å². The van der Waals surface area contributed by atoms with E-state index >= 15 is 0 Å². The lowest BCUT2D eigenvalue weighted by Gasteiger charge is -2.23. The van der Waals surface area contributed by atoms with Crippen LogP contribution in [0.25, 0.3) is 0 Å². The maximum Gasteiger partial charge on any atom is 0.260 e. The third-order valence-electron chi connectivity index (χ3n) is 4.77. The van der Waals surface area contributed by atoms with Crippen molar-refractivity contribution in [3.05, 3.63) is 53.7 Å². The second kappa shape index (κ2) is 8.87. The first-order valence-corrected chi connectivity index (χ1v) is 9.83. The van der Waals surface area contributed by atoms with E-state index in [0.29, 0.717) is 11.3 Å². The van der Waals surface area contributed by atoms with E-state index in [1.165, 1.54) is 17.7 Å². The zero-order chi connectivity index (χ0) is 20.1. The van der Waals surface area contributed by atoms with Gasteiger partial charge in [0.25, 0.3) is 5.91 Å². The van der Waals surface area contributed by atoms with Crippen LogP contribution in [0.5, 0.6) is 0 Å². The number of hydrogen-bond acceptors (Lipinski definition) is 4. The number of carbonyl (C=O) groups is 2. The molecule has 1 aromatic carbocycles. The van der Waals surface area contributed by atoms with Gasteiger partial charge in [-0.3, -0.25) is 14.5 Å². The molecule has 148 valence electrons. The molecule has 1 fully saturated rings. The molecule has 0 atom stereocenters. The van der Waals surface area contributed by atoms with Crippen LogP contribution in [0.3, 0.4) is 0 Å². The molecule has 0 saturated carbocycles. The Morgan fingerprint density at radius 3 is 2.36 bits per heavy atom. The molecule has 1 saturated heterocycles. The van der Waals surface area contributed by atoms with Gasteiger partial charge in [-0.05, 0) is 57.9 Å². The standard InChI is InChI=1S/C22H28N4O2/c1-16(2)24-21(27)15-26(19-9-6-17(3)7-10-19)22(28)18-8-11-20(23-14-18)25-12-4-5-13-25/h6-11,14,16H,4-5,12-13,15H2,1-3H3,(H,24,27). The van der Waals surface area contributed by atoms with E-state index in [4.69, 9.17) is 0 Å². The highest BCUT2D eigenvalue weighted by Crippen LogP contribution is 2.21. The van der Waals surface area contributed by atoms with Crippen LogP contribution in [0.4, 0.5) is 11.5 Å². The van der Waals surface area contributed by atoms with Crippen LogP contribution in [0.2, 0.25) is 0 Å². The van der Waals surface area contributed by atoms with Crippen molar-refractivity contribution in [1.82, 2.24) is 10.3 Å². The third-order valence-corrected chi connectivity index (χ3v) is 4.77.